The third kappa shape index (κ3) is 3.21. The van der Waals surface area contributed by atoms with E-state index in [1.807, 2.05) is 48.7 Å². The summed E-state index contributed by atoms with van der Waals surface area (Å²) in [7, 11) is 0. The molecule has 1 N–H and O–H groups in total. The minimum absolute atomic E-state index is 0.115. The van der Waals surface area contributed by atoms with Crippen molar-refractivity contribution in [2.45, 2.75) is 42.8 Å². The number of carbonyl (C=O) groups excluding carboxylic acids is 1. The van der Waals surface area contributed by atoms with Gasteiger partial charge in [0.25, 0.3) is 11.7 Å². The fourth-order valence-corrected chi connectivity index (χ4v) is 4.09. The number of thioether (sulfide) groups is 1. The van der Waals surface area contributed by atoms with Crippen LogP contribution in [0.2, 0.25) is 0 Å². The first kappa shape index (κ1) is 16.3. The quantitative estimate of drug-likeness (QED) is 0.779. The molecule has 1 aliphatic carbocycles. The first-order valence-electron chi connectivity index (χ1n) is 8.66. The number of carbonyl (C=O) groups is 1. The number of anilines is 1. The third-order valence-corrected chi connectivity index (χ3v) is 5.56. The van der Waals surface area contributed by atoms with Gasteiger partial charge < -0.3 is 14.8 Å². The fourth-order valence-electron chi connectivity index (χ4n) is 3.50. The molecule has 0 unspecified atom stereocenters. The number of benzene rings is 2. The highest BCUT2D eigenvalue weighted by molar-refractivity contribution is 7.98. The zero-order valence-electron chi connectivity index (χ0n) is 14.2. The van der Waals surface area contributed by atoms with Gasteiger partial charge in [-0.25, -0.2) is 0 Å². The van der Waals surface area contributed by atoms with Crippen molar-refractivity contribution in [2.24, 2.45) is 0 Å². The molecule has 5 heteroatoms. The maximum atomic E-state index is 12.6. The average Bonchev–Trinajstić information content (AvgIpc) is 2.98. The Morgan fingerprint density at radius 2 is 1.80 bits per heavy atom. The molecule has 1 aliphatic heterocycles. The highest BCUT2D eigenvalue weighted by Crippen LogP contribution is 2.46. The Labute approximate surface area is 151 Å². The van der Waals surface area contributed by atoms with Crippen molar-refractivity contribution in [2.75, 3.05) is 11.6 Å². The molecule has 1 fully saturated rings. The SMILES string of the molecule is CSc1ccccc1C(=O)Nc1ccc2c(c1)OC1(CCCCC1)O2. The van der Waals surface area contributed by atoms with E-state index in [1.165, 1.54) is 6.42 Å². The van der Waals surface area contributed by atoms with E-state index in [1.54, 1.807) is 11.8 Å². The molecule has 2 aliphatic rings. The van der Waals surface area contributed by atoms with Crippen LogP contribution in [-0.2, 0) is 0 Å². The molecular weight excluding hydrogens is 334 g/mol. The molecule has 130 valence electrons. The summed E-state index contributed by atoms with van der Waals surface area (Å²) in [5.74, 6) is 0.882. The van der Waals surface area contributed by atoms with E-state index in [0.717, 1.165) is 47.8 Å². The highest BCUT2D eigenvalue weighted by atomic mass is 32.2. The van der Waals surface area contributed by atoms with Crippen LogP contribution in [-0.4, -0.2) is 18.0 Å². The predicted molar refractivity (Wildman–Crippen MR) is 99.7 cm³/mol. The van der Waals surface area contributed by atoms with E-state index in [9.17, 15) is 4.79 Å². The minimum atomic E-state index is -0.491. The molecule has 0 aromatic heterocycles. The summed E-state index contributed by atoms with van der Waals surface area (Å²) in [6, 6.07) is 13.2. The first-order valence-corrected chi connectivity index (χ1v) is 9.88. The van der Waals surface area contributed by atoms with Gasteiger partial charge in [-0.1, -0.05) is 18.6 Å². The van der Waals surface area contributed by atoms with Crippen LogP contribution in [0.3, 0.4) is 0 Å². The maximum Gasteiger partial charge on any atom is 0.256 e. The number of rotatable bonds is 3. The highest BCUT2D eigenvalue weighted by Gasteiger charge is 2.42. The van der Waals surface area contributed by atoms with Crippen molar-refractivity contribution in [3.05, 3.63) is 48.0 Å². The molecule has 1 spiro atoms. The lowest BCUT2D eigenvalue weighted by Gasteiger charge is -2.31. The Morgan fingerprint density at radius 1 is 1.04 bits per heavy atom. The standard InChI is InChI=1S/C20H21NO3S/c1-25-18-8-4-3-7-15(18)19(22)21-14-9-10-16-17(13-14)24-20(23-16)11-5-2-6-12-20/h3-4,7-10,13H,2,5-6,11-12H2,1H3,(H,21,22). The molecule has 25 heavy (non-hydrogen) atoms. The van der Waals surface area contributed by atoms with Crippen molar-refractivity contribution in [3.63, 3.8) is 0 Å². The normalized spacial score (nSPS) is 17.5. The van der Waals surface area contributed by atoms with Gasteiger partial charge >= 0.3 is 0 Å². The number of amides is 1. The molecule has 1 heterocycles. The second-order valence-electron chi connectivity index (χ2n) is 6.49. The first-order chi connectivity index (χ1) is 12.2. The van der Waals surface area contributed by atoms with Gasteiger partial charge in [-0.15, -0.1) is 11.8 Å². The number of ether oxygens (including phenoxy) is 2. The van der Waals surface area contributed by atoms with Crippen molar-refractivity contribution < 1.29 is 14.3 Å². The summed E-state index contributed by atoms with van der Waals surface area (Å²) in [6.07, 6.45) is 7.30. The monoisotopic (exact) mass is 355 g/mol. The van der Waals surface area contributed by atoms with Crippen LogP contribution in [0, 0.1) is 0 Å². The van der Waals surface area contributed by atoms with Crippen LogP contribution in [0.25, 0.3) is 0 Å². The topological polar surface area (TPSA) is 47.6 Å². The lowest BCUT2D eigenvalue weighted by molar-refractivity contribution is -0.105. The molecule has 0 atom stereocenters. The largest absolute Gasteiger partial charge is 0.448 e. The average molecular weight is 355 g/mol. The second kappa shape index (κ2) is 6.64. The minimum Gasteiger partial charge on any atom is -0.448 e. The van der Waals surface area contributed by atoms with E-state index in [4.69, 9.17) is 9.47 Å². The van der Waals surface area contributed by atoms with Crippen LogP contribution in [0.1, 0.15) is 42.5 Å². The summed E-state index contributed by atoms with van der Waals surface area (Å²) in [5, 5.41) is 2.97. The summed E-state index contributed by atoms with van der Waals surface area (Å²) in [5.41, 5.74) is 1.40. The van der Waals surface area contributed by atoms with E-state index >= 15 is 0 Å². The summed E-state index contributed by atoms with van der Waals surface area (Å²) < 4.78 is 12.2. The molecule has 4 nitrogen and oxygen atoms in total. The zero-order valence-corrected chi connectivity index (χ0v) is 15.0. The van der Waals surface area contributed by atoms with Crippen LogP contribution >= 0.6 is 11.8 Å². The summed E-state index contributed by atoms with van der Waals surface area (Å²) >= 11 is 1.56. The maximum absolute atomic E-state index is 12.6. The second-order valence-corrected chi connectivity index (χ2v) is 7.34. The fraction of sp³-hybridized carbons (Fsp3) is 0.350. The number of hydrogen-bond acceptors (Lipinski definition) is 4. The lowest BCUT2D eigenvalue weighted by Crippen LogP contribution is -2.40. The Balaban J connectivity index is 1.52. The molecule has 0 radical (unpaired) electrons. The summed E-state index contributed by atoms with van der Waals surface area (Å²) in [4.78, 5) is 13.6. The number of nitrogens with one attached hydrogen (secondary N) is 1. The molecule has 1 saturated carbocycles. The third-order valence-electron chi connectivity index (χ3n) is 4.76. The number of fused-ring (bicyclic) bond motifs is 1. The van der Waals surface area contributed by atoms with Crippen LogP contribution in [0.5, 0.6) is 11.5 Å². The lowest BCUT2D eigenvalue weighted by atomic mass is 9.94. The van der Waals surface area contributed by atoms with Gasteiger partial charge in [0.1, 0.15) is 0 Å². The summed E-state index contributed by atoms with van der Waals surface area (Å²) in [6.45, 7) is 0. The molecule has 0 saturated heterocycles. The van der Waals surface area contributed by atoms with Gasteiger partial charge in [-0.2, -0.15) is 0 Å². The molecule has 0 bridgehead atoms. The molecule has 4 rings (SSSR count). The van der Waals surface area contributed by atoms with Crippen LogP contribution < -0.4 is 14.8 Å². The van der Waals surface area contributed by atoms with Crippen molar-refractivity contribution in [1.82, 2.24) is 0 Å². The number of hydrogen-bond donors (Lipinski definition) is 1. The molecular formula is C20H21NO3S. The Bertz CT molecular complexity index is 799. The van der Waals surface area contributed by atoms with E-state index in [0.29, 0.717) is 5.56 Å². The van der Waals surface area contributed by atoms with Crippen molar-refractivity contribution in [3.8, 4) is 11.5 Å². The van der Waals surface area contributed by atoms with Crippen molar-refractivity contribution >= 4 is 23.4 Å². The Kier molecular flexibility index (Phi) is 4.34. The smallest absolute Gasteiger partial charge is 0.256 e. The van der Waals surface area contributed by atoms with Gasteiger partial charge in [0.15, 0.2) is 11.5 Å². The molecule has 2 aromatic rings. The molecule has 2 aromatic carbocycles. The molecule has 1 amide bonds. The van der Waals surface area contributed by atoms with Gasteiger partial charge in [0.2, 0.25) is 0 Å². The van der Waals surface area contributed by atoms with Gasteiger partial charge in [-0.3, -0.25) is 4.79 Å². The predicted octanol–water partition coefficient (Wildman–Crippen LogP) is 5.09. The van der Waals surface area contributed by atoms with E-state index in [2.05, 4.69) is 5.32 Å². The van der Waals surface area contributed by atoms with Gasteiger partial charge in [0, 0.05) is 29.5 Å². The Morgan fingerprint density at radius 3 is 2.60 bits per heavy atom. The van der Waals surface area contributed by atoms with Crippen LogP contribution in [0.4, 0.5) is 5.69 Å². The van der Waals surface area contributed by atoms with Gasteiger partial charge in [0.05, 0.1) is 5.56 Å². The van der Waals surface area contributed by atoms with Crippen LogP contribution in [0.15, 0.2) is 47.4 Å². The zero-order chi connectivity index (χ0) is 17.3. The van der Waals surface area contributed by atoms with Gasteiger partial charge in [-0.05, 0) is 43.4 Å². The Hall–Kier alpha value is -2.14. The van der Waals surface area contributed by atoms with E-state index in [-0.39, 0.29) is 5.91 Å². The van der Waals surface area contributed by atoms with Crippen molar-refractivity contribution in [1.29, 1.82) is 0 Å². The van der Waals surface area contributed by atoms with E-state index < -0.39 is 5.79 Å².